The lowest BCUT2D eigenvalue weighted by atomic mass is 10.1. The molecular weight excluding hydrogens is 264 g/mol. The van der Waals surface area contributed by atoms with Crippen molar-refractivity contribution >= 4 is 46.4 Å². The van der Waals surface area contributed by atoms with Crippen LogP contribution in [0, 0.1) is 0 Å². The van der Waals surface area contributed by atoms with Crippen molar-refractivity contribution in [1.82, 2.24) is 0 Å². The molecule has 0 saturated heterocycles. The van der Waals surface area contributed by atoms with Crippen molar-refractivity contribution in [3.05, 3.63) is 0 Å². The number of halogens is 6. The largest absolute Gasteiger partial charge is 0.249 e. The van der Waals surface area contributed by atoms with Gasteiger partial charge in [-0.3, -0.25) is 0 Å². The van der Waals surface area contributed by atoms with Crippen LogP contribution < -0.4 is 0 Å². The molecule has 80 valence electrons. The Labute approximate surface area is 96.5 Å². The monoisotopic (exact) mass is 272 g/mol. The van der Waals surface area contributed by atoms with E-state index in [0.29, 0.717) is 6.42 Å². The highest BCUT2D eigenvalue weighted by Gasteiger charge is 2.39. The van der Waals surface area contributed by atoms with Crippen molar-refractivity contribution in [3.63, 3.8) is 0 Å². The van der Waals surface area contributed by atoms with Crippen LogP contribution in [0.2, 0.25) is 0 Å². The number of hydrogen-bond donors (Lipinski definition) is 0. The lowest BCUT2D eigenvalue weighted by Gasteiger charge is -2.23. The summed E-state index contributed by atoms with van der Waals surface area (Å²) in [6.45, 7) is 1.66. The Kier molecular flexibility index (Phi) is 5.61. The molecule has 0 aromatic heterocycles. The molecule has 0 rings (SSSR count). The van der Waals surface area contributed by atoms with Crippen molar-refractivity contribution in [2.75, 3.05) is 0 Å². The molecule has 6 heteroatoms. The summed E-state index contributed by atoms with van der Waals surface area (Å²) in [5.74, 6) is -2.86. The van der Waals surface area contributed by atoms with Gasteiger partial charge in [0, 0.05) is 12.8 Å². The predicted molar refractivity (Wildman–Crippen MR) is 54.4 cm³/mol. The lowest BCUT2D eigenvalue weighted by Crippen LogP contribution is -2.29. The minimum absolute atomic E-state index is 0.239. The van der Waals surface area contributed by atoms with Gasteiger partial charge in [-0.1, -0.05) is 48.1 Å². The maximum atomic E-state index is 12.9. The molecular formula is C7H10Cl4F2. The zero-order chi connectivity index (χ0) is 10.7. The van der Waals surface area contributed by atoms with E-state index in [-0.39, 0.29) is 6.42 Å². The minimum atomic E-state index is -2.86. The molecule has 0 saturated carbocycles. The van der Waals surface area contributed by atoms with E-state index in [4.69, 9.17) is 46.4 Å². The van der Waals surface area contributed by atoms with Crippen molar-refractivity contribution in [2.24, 2.45) is 0 Å². The molecule has 0 spiro atoms. The van der Waals surface area contributed by atoms with Gasteiger partial charge in [0.15, 0.2) is 0 Å². The normalized spacial score (nSPS) is 15.9. The second kappa shape index (κ2) is 5.20. The van der Waals surface area contributed by atoms with Crippen LogP contribution in [0.1, 0.15) is 26.2 Å². The smallest absolute Gasteiger partial charge is 0.207 e. The zero-order valence-electron chi connectivity index (χ0n) is 6.97. The average molecular weight is 274 g/mol. The van der Waals surface area contributed by atoms with E-state index in [1.54, 1.807) is 6.92 Å². The van der Waals surface area contributed by atoms with E-state index < -0.39 is 21.5 Å². The van der Waals surface area contributed by atoms with Crippen molar-refractivity contribution in [2.45, 2.75) is 41.3 Å². The van der Waals surface area contributed by atoms with Crippen LogP contribution in [0.5, 0.6) is 0 Å². The number of alkyl halides is 6. The van der Waals surface area contributed by atoms with Crippen LogP contribution in [0.15, 0.2) is 0 Å². The molecule has 13 heavy (non-hydrogen) atoms. The predicted octanol–water partition coefficient (Wildman–Crippen LogP) is 4.79. The fourth-order valence-electron chi connectivity index (χ4n) is 0.846. The van der Waals surface area contributed by atoms with Crippen LogP contribution >= 0.6 is 46.4 Å². The van der Waals surface area contributed by atoms with Gasteiger partial charge in [0.05, 0.1) is 5.38 Å². The maximum Gasteiger partial charge on any atom is 0.249 e. The summed E-state index contributed by atoms with van der Waals surface area (Å²) in [7, 11) is 0. The molecule has 0 aliphatic heterocycles. The molecule has 0 aliphatic rings. The van der Waals surface area contributed by atoms with E-state index in [2.05, 4.69) is 0 Å². The second-order valence-corrected chi connectivity index (χ2v) is 5.71. The van der Waals surface area contributed by atoms with E-state index in [0.717, 1.165) is 0 Å². The zero-order valence-corrected chi connectivity index (χ0v) is 9.99. The van der Waals surface area contributed by atoms with E-state index in [1.807, 2.05) is 0 Å². The van der Waals surface area contributed by atoms with E-state index in [1.165, 1.54) is 0 Å². The third-order valence-electron chi connectivity index (χ3n) is 1.45. The van der Waals surface area contributed by atoms with Crippen molar-refractivity contribution in [1.29, 1.82) is 0 Å². The molecule has 0 aromatic carbocycles. The van der Waals surface area contributed by atoms with Crippen molar-refractivity contribution < 1.29 is 8.78 Å². The Hall–Kier alpha value is 1.02. The van der Waals surface area contributed by atoms with Gasteiger partial charge < -0.3 is 0 Å². The fraction of sp³-hybridized carbons (Fsp3) is 1.00. The average Bonchev–Trinajstić information content (AvgIpc) is 1.83. The van der Waals surface area contributed by atoms with Gasteiger partial charge in [-0.05, 0) is 0 Å². The minimum Gasteiger partial charge on any atom is -0.207 e. The number of rotatable bonds is 4. The second-order valence-electron chi connectivity index (χ2n) is 2.82. The first-order chi connectivity index (χ1) is 5.69. The van der Waals surface area contributed by atoms with Gasteiger partial charge in [-0.15, -0.1) is 11.6 Å². The fourth-order valence-corrected chi connectivity index (χ4v) is 1.30. The van der Waals surface area contributed by atoms with Crippen LogP contribution in [0.3, 0.4) is 0 Å². The third-order valence-corrected chi connectivity index (χ3v) is 3.06. The van der Waals surface area contributed by atoms with Crippen LogP contribution in [-0.2, 0) is 0 Å². The summed E-state index contributed by atoms with van der Waals surface area (Å²) in [5, 5.41) is -1.17. The summed E-state index contributed by atoms with van der Waals surface area (Å²) in [4.78, 5) is 0. The molecule has 0 fully saturated rings. The molecule has 0 amide bonds. The summed E-state index contributed by atoms with van der Waals surface area (Å²) in [6.07, 6.45) is -0.480. The van der Waals surface area contributed by atoms with Crippen LogP contribution in [0.4, 0.5) is 8.78 Å². The molecule has 0 aromatic rings. The van der Waals surface area contributed by atoms with Gasteiger partial charge in [-0.25, -0.2) is 8.78 Å². The van der Waals surface area contributed by atoms with Crippen LogP contribution in [0.25, 0.3) is 0 Å². The highest BCUT2D eigenvalue weighted by molar-refractivity contribution is 6.70. The van der Waals surface area contributed by atoms with E-state index in [9.17, 15) is 8.78 Å². The Morgan fingerprint density at radius 1 is 1.23 bits per heavy atom. The molecule has 0 N–H and O–H groups in total. The third kappa shape index (κ3) is 6.16. The first-order valence-corrected chi connectivity index (χ1v) is 5.34. The summed E-state index contributed by atoms with van der Waals surface area (Å²) in [6, 6.07) is 0. The molecule has 1 unspecified atom stereocenters. The maximum absolute atomic E-state index is 12.9. The molecule has 1 atom stereocenters. The topological polar surface area (TPSA) is 0 Å². The summed E-state index contributed by atoms with van der Waals surface area (Å²) >= 11 is 21.6. The Bertz CT molecular complexity index is 155. The first-order valence-electron chi connectivity index (χ1n) is 3.77. The molecule has 0 bridgehead atoms. The highest BCUT2D eigenvalue weighted by Crippen LogP contribution is 2.40. The highest BCUT2D eigenvalue weighted by atomic mass is 35.6. The van der Waals surface area contributed by atoms with Gasteiger partial charge in [-0.2, -0.15) is 0 Å². The number of hydrogen-bond acceptors (Lipinski definition) is 0. The van der Waals surface area contributed by atoms with Gasteiger partial charge in [0.2, 0.25) is 9.72 Å². The summed E-state index contributed by atoms with van der Waals surface area (Å²) in [5.41, 5.74) is 0. The van der Waals surface area contributed by atoms with Crippen LogP contribution in [-0.4, -0.2) is 15.1 Å². The molecule has 0 radical (unpaired) electrons. The Balaban J connectivity index is 4.11. The molecule has 0 nitrogen and oxygen atoms in total. The first kappa shape index (κ1) is 14.0. The van der Waals surface area contributed by atoms with Gasteiger partial charge in [0.1, 0.15) is 0 Å². The standard InChI is InChI=1S/C7H10Cl4F2/c1-2-3-6(12,13)4-5(8)7(9,10)11/h5H,2-4H2,1H3. The lowest BCUT2D eigenvalue weighted by molar-refractivity contribution is -0.0171. The summed E-state index contributed by atoms with van der Waals surface area (Å²) < 4.78 is 24.1. The SMILES string of the molecule is CCCC(F)(F)CC(Cl)C(Cl)(Cl)Cl. The Morgan fingerprint density at radius 3 is 2.00 bits per heavy atom. The quantitative estimate of drug-likeness (QED) is 0.646. The Morgan fingerprint density at radius 2 is 1.69 bits per heavy atom. The molecule has 0 heterocycles. The van der Waals surface area contributed by atoms with Gasteiger partial charge >= 0.3 is 0 Å². The van der Waals surface area contributed by atoms with Crippen molar-refractivity contribution in [3.8, 4) is 0 Å². The van der Waals surface area contributed by atoms with Gasteiger partial charge in [0.25, 0.3) is 0 Å². The van der Waals surface area contributed by atoms with E-state index >= 15 is 0 Å². The molecule has 0 aliphatic carbocycles.